The summed E-state index contributed by atoms with van der Waals surface area (Å²) in [5.41, 5.74) is 5.69. The van der Waals surface area contributed by atoms with Gasteiger partial charge in [-0.1, -0.05) is 23.2 Å². The van der Waals surface area contributed by atoms with E-state index in [0.717, 1.165) is 0 Å². The zero-order chi connectivity index (χ0) is 14.2. The molecule has 1 heterocycles. The maximum atomic E-state index is 12.6. The van der Waals surface area contributed by atoms with Gasteiger partial charge in [-0.3, -0.25) is 0 Å². The lowest BCUT2D eigenvalue weighted by molar-refractivity contribution is -0.144. The lowest BCUT2D eigenvalue weighted by atomic mass is 10.1. The summed E-state index contributed by atoms with van der Waals surface area (Å²) in [6, 6.07) is 5.56. The Hall–Kier alpha value is -1.53. The molecule has 0 unspecified atom stereocenters. The van der Waals surface area contributed by atoms with Crippen molar-refractivity contribution < 1.29 is 13.2 Å². The molecule has 1 aromatic carbocycles. The van der Waals surface area contributed by atoms with Crippen LogP contribution in [0.1, 0.15) is 5.82 Å². The molecule has 19 heavy (non-hydrogen) atoms. The van der Waals surface area contributed by atoms with Crippen LogP contribution >= 0.6 is 23.2 Å². The molecule has 0 bridgehead atoms. The molecule has 0 radical (unpaired) electrons. The number of benzene rings is 1. The van der Waals surface area contributed by atoms with Crippen LogP contribution in [-0.4, -0.2) is 9.97 Å². The van der Waals surface area contributed by atoms with Gasteiger partial charge in [-0.2, -0.15) is 13.2 Å². The van der Waals surface area contributed by atoms with Crippen molar-refractivity contribution in [2.24, 2.45) is 0 Å². The second kappa shape index (κ2) is 4.86. The van der Waals surface area contributed by atoms with Crippen molar-refractivity contribution in [3.8, 4) is 11.3 Å². The van der Waals surface area contributed by atoms with Gasteiger partial charge in [-0.15, -0.1) is 0 Å². The Morgan fingerprint density at radius 2 is 1.53 bits per heavy atom. The second-order valence-electron chi connectivity index (χ2n) is 3.66. The van der Waals surface area contributed by atoms with Gasteiger partial charge in [0.05, 0.1) is 5.69 Å². The first kappa shape index (κ1) is 13.9. The molecule has 0 aliphatic heterocycles. The molecule has 1 aromatic heterocycles. The second-order valence-corrected chi connectivity index (χ2v) is 4.53. The van der Waals surface area contributed by atoms with Gasteiger partial charge in [0.1, 0.15) is 5.82 Å². The van der Waals surface area contributed by atoms with Gasteiger partial charge in [-0.25, -0.2) is 9.97 Å². The average molecular weight is 308 g/mol. The molecule has 0 spiro atoms. The van der Waals surface area contributed by atoms with Crippen molar-refractivity contribution in [3.63, 3.8) is 0 Å². The molecule has 0 aliphatic rings. The van der Waals surface area contributed by atoms with Crippen molar-refractivity contribution in [3.05, 3.63) is 40.1 Å². The van der Waals surface area contributed by atoms with Crippen molar-refractivity contribution in [2.45, 2.75) is 6.18 Å². The molecule has 2 aromatic rings. The topological polar surface area (TPSA) is 51.8 Å². The van der Waals surface area contributed by atoms with Crippen LogP contribution in [0, 0.1) is 0 Å². The van der Waals surface area contributed by atoms with Gasteiger partial charge in [0.2, 0.25) is 5.82 Å². The molecular weight excluding hydrogens is 302 g/mol. The fourth-order valence-electron chi connectivity index (χ4n) is 1.44. The van der Waals surface area contributed by atoms with Crippen molar-refractivity contribution in [2.75, 3.05) is 5.73 Å². The predicted molar refractivity (Wildman–Crippen MR) is 66.9 cm³/mol. The van der Waals surface area contributed by atoms with Crippen LogP contribution in [0.3, 0.4) is 0 Å². The van der Waals surface area contributed by atoms with Crippen LogP contribution in [-0.2, 0) is 6.18 Å². The Labute approximate surface area is 116 Å². The highest BCUT2D eigenvalue weighted by atomic mass is 35.5. The van der Waals surface area contributed by atoms with Gasteiger partial charge in [0.25, 0.3) is 0 Å². The number of aromatic nitrogens is 2. The molecule has 0 aliphatic carbocycles. The monoisotopic (exact) mass is 307 g/mol. The number of nitrogens with zero attached hydrogens (tertiary/aromatic N) is 2. The number of anilines is 1. The van der Waals surface area contributed by atoms with E-state index >= 15 is 0 Å². The van der Waals surface area contributed by atoms with Gasteiger partial charge in [0, 0.05) is 21.7 Å². The van der Waals surface area contributed by atoms with Crippen LogP contribution in [0.15, 0.2) is 24.3 Å². The minimum Gasteiger partial charge on any atom is -0.384 e. The van der Waals surface area contributed by atoms with E-state index in [1.807, 2.05) is 0 Å². The molecule has 2 N–H and O–H groups in total. The van der Waals surface area contributed by atoms with Crippen LogP contribution in [0.2, 0.25) is 10.0 Å². The smallest absolute Gasteiger partial charge is 0.384 e. The number of alkyl halides is 3. The summed E-state index contributed by atoms with van der Waals surface area (Å²) < 4.78 is 37.8. The summed E-state index contributed by atoms with van der Waals surface area (Å²) >= 11 is 11.6. The maximum absolute atomic E-state index is 12.6. The fourth-order valence-corrected chi connectivity index (χ4v) is 1.97. The highest BCUT2D eigenvalue weighted by Crippen LogP contribution is 2.31. The lowest BCUT2D eigenvalue weighted by Gasteiger charge is -2.09. The van der Waals surface area contributed by atoms with Gasteiger partial charge < -0.3 is 5.73 Å². The lowest BCUT2D eigenvalue weighted by Crippen LogP contribution is -2.13. The van der Waals surface area contributed by atoms with E-state index < -0.39 is 12.0 Å². The predicted octanol–water partition coefficient (Wildman–Crippen LogP) is 4.05. The third kappa shape index (κ3) is 3.27. The first-order valence-corrected chi connectivity index (χ1v) is 5.69. The quantitative estimate of drug-likeness (QED) is 0.864. The first-order valence-electron chi connectivity index (χ1n) is 4.94. The van der Waals surface area contributed by atoms with E-state index in [1.54, 1.807) is 0 Å². The molecule has 0 fully saturated rings. The number of hydrogen-bond donors (Lipinski definition) is 1. The van der Waals surface area contributed by atoms with E-state index in [1.165, 1.54) is 24.3 Å². The molecule has 3 nitrogen and oxygen atoms in total. The van der Waals surface area contributed by atoms with Crippen LogP contribution in [0.25, 0.3) is 11.3 Å². The third-order valence-electron chi connectivity index (χ3n) is 2.16. The zero-order valence-corrected chi connectivity index (χ0v) is 10.7. The highest BCUT2D eigenvalue weighted by Gasteiger charge is 2.35. The van der Waals surface area contributed by atoms with E-state index in [4.69, 9.17) is 28.9 Å². The number of rotatable bonds is 1. The summed E-state index contributed by atoms with van der Waals surface area (Å²) in [5, 5.41) is 0.571. The maximum Gasteiger partial charge on any atom is 0.451 e. The van der Waals surface area contributed by atoms with Crippen LogP contribution in [0.5, 0.6) is 0 Å². The minimum atomic E-state index is -4.67. The van der Waals surface area contributed by atoms with E-state index in [9.17, 15) is 13.2 Å². The van der Waals surface area contributed by atoms with Gasteiger partial charge in [-0.05, 0) is 18.2 Å². The van der Waals surface area contributed by atoms with Gasteiger partial charge >= 0.3 is 6.18 Å². The number of halogens is 5. The summed E-state index contributed by atoms with van der Waals surface area (Å²) in [5.74, 6) is -1.59. The van der Waals surface area contributed by atoms with Crippen LogP contribution in [0.4, 0.5) is 19.0 Å². The normalized spacial score (nSPS) is 11.6. The van der Waals surface area contributed by atoms with Crippen molar-refractivity contribution in [1.82, 2.24) is 9.97 Å². The van der Waals surface area contributed by atoms with Crippen molar-refractivity contribution in [1.29, 1.82) is 0 Å². The molecule has 0 saturated carbocycles. The Morgan fingerprint density at radius 1 is 0.947 bits per heavy atom. The molecular formula is C11H6Cl2F3N3. The minimum absolute atomic E-state index is 0.00391. The number of hydrogen-bond acceptors (Lipinski definition) is 3. The standard InChI is InChI=1S/C11H6Cl2F3N3/c12-6-1-5(2-7(13)3-6)8-4-9(17)19-10(18-8)11(14,15)16/h1-4H,(H2,17,18,19). The van der Waals surface area contributed by atoms with Crippen molar-refractivity contribution >= 4 is 29.0 Å². The van der Waals surface area contributed by atoms with Crippen LogP contribution < -0.4 is 5.73 Å². The largest absolute Gasteiger partial charge is 0.451 e. The first-order chi connectivity index (χ1) is 8.75. The Bertz CT molecular complexity index is 609. The fraction of sp³-hybridized carbons (Fsp3) is 0.0909. The summed E-state index contributed by atoms with van der Waals surface area (Å²) in [6.07, 6.45) is -4.67. The SMILES string of the molecule is Nc1cc(-c2cc(Cl)cc(Cl)c2)nc(C(F)(F)F)n1. The summed E-state index contributed by atoms with van der Waals surface area (Å²) in [6.45, 7) is 0. The third-order valence-corrected chi connectivity index (χ3v) is 2.59. The Morgan fingerprint density at radius 3 is 2.05 bits per heavy atom. The summed E-state index contributed by atoms with van der Waals surface area (Å²) in [4.78, 5) is 6.58. The Kier molecular flexibility index (Phi) is 3.56. The molecule has 0 saturated heterocycles. The molecule has 100 valence electrons. The number of nitrogen functional groups attached to an aromatic ring is 1. The molecule has 8 heteroatoms. The summed E-state index contributed by atoms with van der Waals surface area (Å²) in [7, 11) is 0. The molecule has 0 amide bonds. The number of nitrogens with two attached hydrogens (primary N) is 1. The Balaban J connectivity index is 2.59. The molecule has 2 rings (SSSR count). The molecule has 0 atom stereocenters. The van der Waals surface area contributed by atoms with E-state index in [-0.39, 0.29) is 21.6 Å². The highest BCUT2D eigenvalue weighted by molar-refractivity contribution is 6.35. The van der Waals surface area contributed by atoms with E-state index in [2.05, 4.69) is 9.97 Å². The van der Waals surface area contributed by atoms with Gasteiger partial charge in [0.15, 0.2) is 0 Å². The average Bonchev–Trinajstić information content (AvgIpc) is 2.25. The zero-order valence-electron chi connectivity index (χ0n) is 9.17. The van der Waals surface area contributed by atoms with E-state index in [0.29, 0.717) is 5.56 Å².